The lowest BCUT2D eigenvalue weighted by Gasteiger charge is -2.24. The number of aliphatic hydroxyl groups is 1. The summed E-state index contributed by atoms with van der Waals surface area (Å²) in [5.74, 6) is -0.932. The van der Waals surface area contributed by atoms with Crippen LogP contribution in [0.4, 0.5) is 5.69 Å². The lowest BCUT2D eigenvalue weighted by Crippen LogP contribution is -2.23. The van der Waals surface area contributed by atoms with Gasteiger partial charge in [-0.1, -0.05) is 24.3 Å². The number of hydrogen-bond donors (Lipinski definition) is 5. The minimum Gasteiger partial charge on any atom is -0.507 e. The number of anilines is 1. The first-order chi connectivity index (χ1) is 16.9. The molecule has 3 rings (SSSR count). The summed E-state index contributed by atoms with van der Waals surface area (Å²) in [6.45, 7) is 1.36. The van der Waals surface area contributed by atoms with E-state index in [1.165, 1.54) is 45.4 Å². The van der Waals surface area contributed by atoms with Crippen LogP contribution in [-0.2, 0) is 22.9 Å². The minimum atomic E-state index is -4.67. The van der Waals surface area contributed by atoms with Crippen LogP contribution in [0.2, 0.25) is 0 Å². The van der Waals surface area contributed by atoms with Crippen LogP contribution in [0.5, 0.6) is 17.2 Å². The first-order valence-corrected chi connectivity index (χ1v) is 12.4. The molecule has 11 heteroatoms. The third-order valence-electron chi connectivity index (χ3n) is 5.84. The summed E-state index contributed by atoms with van der Waals surface area (Å²) in [5, 5.41) is 36.7. The number of primary sulfonamides is 1. The van der Waals surface area contributed by atoms with Crippen molar-refractivity contribution >= 4 is 21.7 Å². The summed E-state index contributed by atoms with van der Waals surface area (Å²) in [5.41, 5.74) is 6.09. The van der Waals surface area contributed by atoms with Crippen LogP contribution in [0.15, 0.2) is 47.4 Å². The number of sulfonamides is 1. The van der Waals surface area contributed by atoms with Gasteiger partial charge in [0.25, 0.3) is 0 Å². The Morgan fingerprint density at radius 1 is 1.06 bits per heavy atom. The molecule has 7 N–H and O–H groups in total. The van der Waals surface area contributed by atoms with Gasteiger partial charge in [-0.15, -0.1) is 0 Å². The van der Waals surface area contributed by atoms with Gasteiger partial charge in [0.05, 0.1) is 25.9 Å². The van der Waals surface area contributed by atoms with E-state index in [0.717, 1.165) is 5.56 Å². The van der Waals surface area contributed by atoms with Gasteiger partial charge in [0.2, 0.25) is 10.0 Å². The molecule has 3 aromatic rings. The summed E-state index contributed by atoms with van der Waals surface area (Å²) < 4.78 is 36.2. The van der Waals surface area contributed by atoms with E-state index in [9.17, 15) is 28.5 Å². The number of carboxylic acids is 1. The Balaban J connectivity index is 2.34. The second kappa shape index (κ2) is 10.4. The maximum atomic E-state index is 12.8. The Bertz CT molecular complexity index is 1420. The van der Waals surface area contributed by atoms with Crippen molar-refractivity contribution in [1.82, 2.24) is 0 Å². The first-order valence-electron chi connectivity index (χ1n) is 10.8. The summed E-state index contributed by atoms with van der Waals surface area (Å²) >= 11 is 0. The van der Waals surface area contributed by atoms with Gasteiger partial charge >= 0.3 is 5.97 Å². The zero-order chi connectivity index (χ0) is 26.8. The van der Waals surface area contributed by atoms with Crippen molar-refractivity contribution in [3.63, 3.8) is 0 Å². The monoisotopic (exact) mass is 516 g/mol. The highest BCUT2D eigenvalue weighted by Crippen LogP contribution is 2.45. The molecule has 10 nitrogen and oxygen atoms in total. The van der Waals surface area contributed by atoms with Crippen LogP contribution in [0.3, 0.4) is 0 Å². The van der Waals surface area contributed by atoms with Gasteiger partial charge in [-0.3, -0.25) is 0 Å². The number of para-hydroxylation sites is 1. The maximum Gasteiger partial charge on any atom is 0.337 e. The largest absolute Gasteiger partial charge is 0.507 e. The molecular weight excluding hydrogens is 488 g/mol. The minimum absolute atomic E-state index is 0.00335. The molecule has 0 aromatic heterocycles. The smallest absolute Gasteiger partial charge is 0.337 e. The molecule has 0 fully saturated rings. The third kappa shape index (κ3) is 5.08. The fourth-order valence-corrected chi connectivity index (χ4v) is 5.28. The summed E-state index contributed by atoms with van der Waals surface area (Å²) in [7, 11) is -1.69. The van der Waals surface area contributed by atoms with E-state index < -0.39 is 32.6 Å². The number of aliphatic hydroxyl groups excluding tert-OH is 1. The molecule has 0 aliphatic carbocycles. The third-order valence-corrected chi connectivity index (χ3v) is 6.82. The lowest BCUT2D eigenvalue weighted by atomic mass is 9.86. The van der Waals surface area contributed by atoms with E-state index in [1.807, 2.05) is 0 Å². The SMILES string of the molecule is COc1ccc(CCc2c(N)c(C(C)O)c(-c3ccccc3O)c(S(N)(=O)=O)c2C(=O)O)cc1OC. The maximum absolute atomic E-state index is 12.8. The lowest BCUT2D eigenvalue weighted by molar-refractivity contribution is 0.0691. The van der Waals surface area contributed by atoms with E-state index in [0.29, 0.717) is 11.5 Å². The zero-order valence-corrected chi connectivity index (χ0v) is 20.8. The molecule has 192 valence electrons. The number of phenolic OH excluding ortho intramolecular Hbond substituents is 1. The van der Waals surface area contributed by atoms with E-state index >= 15 is 0 Å². The van der Waals surface area contributed by atoms with Gasteiger partial charge in [-0.25, -0.2) is 18.4 Å². The van der Waals surface area contributed by atoms with Crippen molar-refractivity contribution in [2.75, 3.05) is 20.0 Å². The summed E-state index contributed by atoms with van der Waals surface area (Å²) in [4.78, 5) is 11.7. The topological polar surface area (TPSA) is 182 Å². The number of nitrogen functional groups attached to an aromatic ring is 1. The molecule has 0 aliphatic heterocycles. The predicted molar refractivity (Wildman–Crippen MR) is 134 cm³/mol. The van der Waals surface area contributed by atoms with Crippen molar-refractivity contribution in [1.29, 1.82) is 0 Å². The van der Waals surface area contributed by atoms with Gasteiger partial charge < -0.3 is 30.5 Å². The number of aromatic hydroxyl groups is 1. The molecule has 3 aromatic carbocycles. The molecule has 0 aliphatic rings. The van der Waals surface area contributed by atoms with E-state index in [-0.39, 0.29) is 46.5 Å². The molecule has 0 amide bonds. The second-order valence-electron chi connectivity index (χ2n) is 8.12. The first kappa shape index (κ1) is 26.8. The van der Waals surface area contributed by atoms with Crippen molar-refractivity contribution in [3.8, 4) is 28.4 Å². The van der Waals surface area contributed by atoms with Crippen LogP contribution >= 0.6 is 0 Å². The number of carbonyl (C=O) groups is 1. The number of methoxy groups -OCH3 is 2. The van der Waals surface area contributed by atoms with Crippen LogP contribution in [0.25, 0.3) is 11.1 Å². The number of phenols is 1. The molecule has 36 heavy (non-hydrogen) atoms. The zero-order valence-electron chi connectivity index (χ0n) is 20.0. The predicted octanol–water partition coefficient (Wildman–Crippen LogP) is 2.84. The number of carboxylic acid groups (broad SMARTS) is 1. The Hall–Kier alpha value is -3.80. The quantitative estimate of drug-likeness (QED) is 0.267. The molecule has 0 saturated carbocycles. The number of benzene rings is 3. The average Bonchev–Trinajstić information content (AvgIpc) is 2.81. The van der Waals surface area contributed by atoms with Crippen molar-refractivity contribution < 1.29 is 38.0 Å². The highest BCUT2D eigenvalue weighted by Gasteiger charge is 2.34. The molecule has 0 spiro atoms. The molecule has 0 radical (unpaired) electrons. The highest BCUT2D eigenvalue weighted by molar-refractivity contribution is 7.89. The number of nitrogens with two attached hydrogens (primary N) is 2. The van der Waals surface area contributed by atoms with Crippen LogP contribution < -0.4 is 20.3 Å². The molecule has 1 atom stereocenters. The standard InChI is InChI=1S/C25H28N2O8S/c1-13(28)20-21(15-6-4-5-7-17(15)29)24(36(27,32)33)22(25(30)31)16(23(20)26)10-8-14-9-11-18(34-2)19(12-14)35-3/h4-7,9,11-13,28-29H,8,10,26H2,1-3H3,(H,30,31)(H2,27,32,33). The highest BCUT2D eigenvalue weighted by atomic mass is 32.2. The number of hydrogen-bond acceptors (Lipinski definition) is 8. The van der Waals surface area contributed by atoms with E-state index in [4.69, 9.17) is 20.3 Å². The fourth-order valence-electron chi connectivity index (χ4n) is 4.28. The summed E-state index contributed by atoms with van der Waals surface area (Å²) in [6, 6.07) is 10.9. The normalized spacial score (nSPS) is 12.2. The molecule has 0 bridgehead atoms. The number of rotatable bonds is 9. The van der Waals surface area contributed by atoms with Crippen molar-refractivity contribution in [2.24, 2.45) is 5.14 Å². The average molecular weight is 517 g/mol. The van der Waals surface area contributed by atoms with Crippen molar-refractivity contribution in [3.05, 3.63) is 64.7 Å². The van der Waals surface area contributed by atoms with Crippen LogP contribution in [0, 0.1) is 0 Å². The number of ether oxygens (including phenoxy) is 2. The summed E-state index contributed by atoms with van der Waals surface area (Å²) in [6.07, 6.45) is -1.06. The molecule has 0 saturated heterocycles. The van der Waals surface area contributed by atoms with Gasteiger partial charge in [-0.05, 0) is 49.1 Å². The van der Waals surface area contributed by atoms with Gasteiger partial charge in [0.1, 0.15) is 10.6 Å². The Kier molecular flexibility index (Phi) is 7.77. The van der Waals surface area contributed by atoms with Crippen molar-refractivity contribution in [2.45, 2.75) is 30.8 Å². The fraction of sp³-hybridized carbons (Fsp3) is 0.240. The second-order valence-corrected chi connectivity index (χ2v) is 9.62. The van der Waals surface area contributed by atoms with Gasteiger partial charge in [0.15, 0.2) is 11.5 Å². The Morgan fingerprint density at radius 2 is 1.69 bits per heavy atom. The van der Waals surface area contributed by atoms with Gasteiger partial charge in [-0.2, -0.15) is 0 Å². The van der Waals surface area contributed by atoms with Gasteiger partial charge in [0, 0.05) is 22.4 Å². The van der Waals surface area contributed by atoms with E-state index in [1.54, 1.807) is 18.2 Å². The molecule has 0 heterocycles. The Morgan fingerprint density at radius 3 is 2.22 bits per heavy atom. The molecular formula is C25H28N2O8S. The molecule has 1 unspecified atom stereocenters. The van der Waals surface area contributed by atoms with Crippen LogP contribution in [0.1, 0.15) is 40.1 Å². The Labute approximate surface area is 208 Å². The van der Waals surface area contributed by atoms with E-state index in [2.05, 4.69) is 0 Å². The van der Waals surface area contributed by atoms with Crippen LogP contribution in [-0.4, -0.2) is 43.9 Å². The number of aryl methyl sites for hydroxylation is 1. The number of aromatic carboxylic acids is 1.